The summed E-state index contributed by atoms with van der Waals surface area (Å²) in [6.07, 6.45) is -0.362. The molecule has 0 radical (unpaired) electrons. The van der Waals surface area contributed by atoms with E-state index in [4.69, 9.17) is 9.84 Å². The number of fused-ring (bicyclic) bond motifs is 3. The summed E-state index contributed by atoms with van der Waals surface area (Å²) in [7, 11) is 0. The molecule has 0 spiro atoms. The highest BCUT2D eigenvalue weighted by molar-refractivity contribution is 5.80. The van der Waals surface area contributed by atoms with Crippen molar-refractivity contribution in [2.24, 2.45) is 5.92 Å². The zero-order chi connectivity index (χ0) is 22.9. The summed E-state index contributed by atoms with van der Waals surface area (Å²) in [5.41, 5.74) is 3.84. The summed E-state index contributed by atoms with van der Waals surface area (Å²) in [5, 5.41) is 11.6. The number of carboxylic acid groups (broad SMARTS) is 1. The Bertz CT molecular complexity index is 997. The van der Waals surface area contributed by atoms with Crippen molar-refractivity contribution in [2.75, 3.05) is 19.7 Å². The molecule has 0 bridgehead atoms. The van der Waals surface area contributed by atoms with E-state index in [9.17, 15) is 14.4 Å². The fraction of sp³-hybridized carbons (Fsp3) is 0.400. The zero-order valence-corrected chi connectivity index (χ0v) is 18.3. The van der Waals surface area contributed by atoms with Gasteiger partial charge in [-0.05, 0) is 36.1 Å². The summed E-state index contributed by atoms with van der Waals surface area (Å²) in [6.45, 7) is 4.67. The molecule has 1 saturated heterocycles. The van der Waals surface area contributed by atoms with E-state index < -0.39 is 17.6 Å². The molecule has 7 nitrogen and oxygen atoms in total. The smallest absolute Gasteiger partial charge is 0.407 e. The van der Waals surface area contributed by atoms with Crippen LogP contribution in [0.2, 0.25) is 0 Å². The summed E-state index contributed by atoms with van der Waals surface area (Å²) in [5.74, 6) is -0.963. The highest BCUT2D eigenvalue weighted by Crippen LogP contribution is 2.44. The molecule has 32 heavy (non-hydrogen) atoms. The topological polar surface area (TPSA) is 95.9 Å². The first-order chi connectivity index (χ1) is 15.2. The molecule has 0 saturated carbocycles. The Morgan fingerprint density at radius 3 is 2.16 bits per heavy atom. The van der Waals surface area contributed by atoms with Crippen LogP contribution in [0, 0.1) is 5.92 Å². The van der Waals surface area contributed by atoms with E-state index in [-0.39, 0.29) is 37.2 Å². The third-order valence-electron chi connectivity index (χ3n) is 6.15. The number of rotatable bonds is 7. The Morgan fingerprint density at radius 2 is 1.59 bits per heavy atom. The van der Waals surface area contributed by atoms with E-state index in [2.05, 4.69) is 29.6 Å². The fourth-order valence-corrected chi connectivity index (χ4v) is 4.59. The molecule has 4 rings (SSSR count). The third kappa shape index (κ3) is 4.61. The van der Waals surface area contributed by atoms with Gasteiger partial charge in [-0.1, -0.05) is 48.5 Å². The second-order valence-corrected chi connectivity index (χ2v) is 9.27. The van der Waals surface area contributed by atoms with E-state index in [1.54, 1.807) is 18.7 Å². The van der Waals surface area contributed by atoms with Crippen LogP contribution in [0.25, 0.3) is 11.1 Å². The van der Waals surface area contributed by atoms with Gasteiger partial charge in [-0.3, -0.25) is 9.59 Å². The lowest BCUT2D eigenvalue weighted by Gasteiger charge is -2.40. The van der Waals surface area contributed by atoms with E-state index in [0.29, 0.717) is 13.1 Å². The number of hydrogen-bond acceptors (Lipinski definition) is 4. The van der Waals surface area contributed by atoms with Crippen molar-refractivity contribution in [2.45, 2.75) is 38.1 Å². The van der Waals surface area contributed by atoms with Crippen LogP contribution in [0.4, 0.5) is 4.79 Å². The first kappa shape index (κ1) is 21.9. The molecule has 7 heteroatoms. The molecule has 1 heterocycles. The number of ether oxygens (including phenoxy) is 1. The van der Waals surface area contributed by atoms with Crippen LogP contribution in [-0.2, 0) is 14.3 Å². The van der Waals surface area contributed by atoms with Crippen molar-refractivity contribution < 1.29 is 24.2 Å². The molecule has 2 amide bonds. The normalized spacial score (nSPS) is 15.5. The van der Waals surface area contributed by atoms with Crippen LogP contribution < -0.4 is 5.32 Å². The first-order valence-electron chi connectivity index (χ1n) is 10.9. The maximum Gasteiger partial charge on any atom is 0.407 e. The fourth-order valence-electron chi connectivity index (χ4n) is 4.59. The van der Waals surface area contributed by atoms with Crippen LogP contribution in [0.15, 0.2) is 48.5 Å². The highest BCUT2D eigenvalue weighted by atomic mass is 16.5. The van der Waals surface area contributed by atoms with Gasteiger partial charge in [-0.15, -0.1) is 0 Å². The van der Waals surface area contributed by atoms with Gasteiger partial charge >= 0.3 is 12.1 Å². The van der Waals surface area contributed by atoms with Gasteiger partial charge in [0.05, 0.1) is 6.42 Å². The lowest BCUT2D eigenvalue weighted by Crippen LogP contribution is -2.54. The predicted octanol–water partition coefficient (Wildman–Crippen LogP) is 3.63. The number of benzene rings is 2. The maximum absolute atomic E-state index is 12.5. The van der Waals surface area contributed by atoms with Crippen LogP contribution >= 0.6 is 0 Å². The standard InChI is InChI=1S/C25H28N2O5/c1-25(2,12-22(28)27-13-16(14-27)11-23(29)30)26-24(31)32-15-21-19-9-5-3-7-17(19)18-8-4-6-10-20(18)21/h3-10,16,21H,11-15H2,1-2H3,(H,26,31)(H,29,30). The zero-order valence-electron chi connectivity index (χ0n) is 18.3. The van der Waals surface area contributed by atoms with E-state index in [1.165, 1.54) is 11.1 Å². The van der Waals surface area contributed by atoms with Crippen molar-refractivity contribution in [3.8, 4) is 11.1 Å². The average molecular weight is 437 g/mol. The minimum atomic E-state index is -0.848. The second-order valence-electron chi connectivity index (χ2n) is 9.27. The Balaban J connectivity index is 1.30. The van der Waals surface area contributed by atoms with Gasteiger partial charge in [0, 0.05) is 36.9 Å². The molecular weight excluding hydrogens is 408 g/mol. The lowest BCUT2D eigenvalue weighted by atomic mass is 9.93. The van der Waals surface area contributed by atoms with Gasteiger partial charge in [-0.2, -0.15) is 0 Å². The number of carbonyl (C=O) groups excluding carboxylic acids is 2. The van der Waals surface area contributed by atoms with E-state index in [1.807, 2.05) is 24.3 Å². The number of alkyl carbamates (subject to hydrolysis) is 1. The van der Waals surface area contributed by atoms with Gasteiger partial charge in [0.15, 0.2) is 0 Å². The predicted molar refractivity (Wildman–Crippen MR) is 119 cm³/mol. The van der Waals surface area contributed by atoms with Crippen molar-refractivity contribution in [3.05, 3.63) is 59.7 Å². The number of aliphatic carboxylic acids is 1. The molecular formula is C25H28N2O5. The minimum absolute atomic E-state index is 0.00894. The monoisotopic (exact) mass is 436 g/mol. The minimum Gasteiger partial charge on any atom is -0.481 e. The molecule has 1 aliphatic carbocycles. The number of carboxylic acids is 1. The summed E-state index contributed by atoms with van der Waals surface area (Å²) < 4.78 is 5.58. The van der Waals surface area contributed by atoms with Gasteiger partial charge in [-0.25, -0.2) is 4.79 Å². The number of hydrogen-bond donors (Lipinski definition) is 2. The first-order valence-corrected chi connectivity index (χ1v) is 10.9. The molecule has 168 valence electrons. The summed E-state index contributed by atoms with van der Waals surface area (Å²) in [4.78, 5) is 37.4. The molecule has 1 aliphatic heterocycles. The summed E-state index contributed by atoms with van der Waals surface area (Å²) >= 11 is 0. The molecule has 0 atom stereocenters. The molecule has 1 fully saturated rings. The van der Waals surface area contributed by atoms with Crippen LogP contribution in [0.3, 0.4) is 0 Å². The second kappa shape index (κ2) is 8.65. The molecule has 0 aromatic heterocycles. The van der Waals surface area contributed by atoms with Crippen LogP contribution in [0.1, 0.15) is 43.7 Å². The van der Waals surface area contributed by atoms with Crippen molar-refractivity contribution in [1.82, 2.24) is 10.2 Å². The summed E-state index contributed by atoms with van der Waals surface area (Å²) in [6, 6.07) is 16.3. The third-order valence-corrected chi connectivity index (χ3v) is 6.15. The van der Waals surface area contributed by atoms with Crippen LogP contribution in [-0.4, -0.2) is 53.2 Å². The van der Waals surface area contributed by atoms with Gasteiger partial charge < -0.3 is 20.1 Å². The van der Waals surface area contributed by atoms with Crippen molar-refractivity contribution >= 4 is 18.0 Å². The Morgan fingerprint density at radius 1 is 1.03 bits per heavy atom. The Hall–Kier alpha value is -3.35. The molecule has 2 aromatic rings. The number of nitrogens with one attached hydrogen (secondary N) is 1. The maximum atomic E-state index is 12.5. The molecule has 0 unspecified atom stereocenters. The van der Waals surface area contributed by atoms with Gasteiger partial charge in [0.1, 0.15) is 6.61 Å². The number of carbonyl (C=O) groups is 3. The Kier molecular flexibility index (Phi) is 5.91. The van der Waals surface area contributed by atoms with Crippen LogP contribution in [0.5, 0.6) is 0 Å². The Labute approximate surface area is 187 Å². The van der Waals surface area contributed by atoms with E-state index >= 15 is 0 Å². The number of amides is 2. The van der Waals surface area contributed by atoms with Gasteiger partial charge in [0.2, 0.25) is 5.91 Å². The SMILES string of the molecule is CC(C)(CC(=O)N1CC(CC(=O)O)C1)NC(=O)OCC1c2ccccc2-c2ccccc21. The van der Waals surface area contributed by atoms with Gasteiger partial charge in [0.25, 0.3) is 0 Å². The van der Waals surface area contributed by atoms with Crippen molar-refractivity contribution in [1.29, 1.82) is 0 Å². The highest BCUT2D eigenvalue weighted by Gasteiger charge is 2.35. The molecule has 2 aromatic carbocycles. The number of likely N-dealkylation sites (tertiary alicyclic amines) is 1. The molecule has 2 aliphatic rings. The number of nitrogens with zero attached hydrogens (tertiary/aromatic N) is 1. The lowest BCUT2D eigenvalue weighted by molar-refractivity contribution is -0.145. The van der Waals surface area contributed by atoms with Crippen molar-refractivity contribution in [3.63, 3.8) is 0 Å². The average Bonchev–Trinajstić information content (AvgIpc) is 3.01. The quantitative estimate of drug-likeness (QED) is 0.691. The molecule has 2 N–H and O–H groups in total. The van der Waals surface area contributed by atoms with E-state index in [0.717, 1.165) is 11.1 Å². The largest absolute Gasteiger partial charge is 0.481 e.